The predicted octanol–water partition coefficient (Wildman–Crippen LogP) is 1.39. The van der Waals surface area contributed by atoms with Crippen molar-refractivity contribution < 1.29 is 8.91 Å². The highest BCUT2D eigenvalue weighted by Gasteiger charge is 2.28. The van der Waals surface area contributed by atoms with E-state index in [4.69, 9.17) is 4.52 Å². The number of nitrogens with zero attached hydrogens (tertiary/aromatic N) is 2. The number of aromatic nitrogens is 2. The van der Waals surface area contributed by atoms with Gasteiger partial charge in [-0.15, -0.1) is 0 Å². The van der Waals surface area contributed by atoms with Crippen molar-refractivity contribution in [3.63, 3.8) is 0 Å². The van der Waals surface area contributed by atoms with Crippen molar-refractivity contribution in [2.45, 2.75) is 38.4 Å². The molecule has 78 valence electrons. The molecule has 2 rings (SSSR count). The van der Waals surface area contributed by atoms with E-state index in [1.807, 2.05) is 0 Å². The van der Waals surface area contributed by atoms with Gasteiger partial charge in [0.25, 0.3) is 0 Å². The summed E-state index contributed by atoms with van der Waals surface area (Å²) < 4.78 is 17.9. The van der Waals surface area contributed by atoms with Gasteiger partial charge in [-0.05, 0) is 6.42 Å². The van der Waals surface area contributed by atoms with Crippen molar-refractivity contribution >= 4 is 0 Å². The minimum atomic E-state index is -0.790. The number of alkyl halides is 1. The molecule has 0 spiro atoms. The molecule has 0 amide bonds. The molecule has 0 saturated carbocycles. The average Bonchev–Trinajstić information content (AvgIpc) is 2.74. The van der Waals surface area contributed by atoms with Crippen LogP contribution >= 0.6 is 0 Å². The van der Waals surface area contributed by atoms with Gasteiger partial charge in [-0.2, -0.15) is 4.98 Å². The molecule has 1 fully saturated rings. The van der Waals surface area contributed by atoms with E-state index in [0.717, 1.165) is 12.8 Å². The van der Waals surface area contributed by atoms with Crippen LogP contribution in [0.1, 0.15) is 37.5 Å². The maximum Gasteiger partial charge on any atom is 0.243 e. The van der Waals surface area contributed by atoms with Crippen LogP contribution in [0.2, 0.25) is 0 Å². The molecule has 2 atom stereocenters. The van der Waals surface area contributed by atoms with Gasteiger partial charge in [-0.3, -0.25) is 0 Å². The highest BCUT2D eigenvalue weighted by molar-refractivity contribution is 4.97. The molecule has 0 radical (unpaired) electrons. The van der Waals surface area contributed by atoms with Crippen LogP contribution in [0, 0.1) is 0 Å². The SMILES string of the molecule is CCCc1noc(C2CC(F)CN2)n1. The first-order valence-corrected chi connectivity index (χ1v) is 4.99. The first-order valence-electron chi connectivity index (χ1n) is 4.99. The van der Waals surface area contributed by atoms with Crippen molar-refractivity contribution in [3.8, 4) is 0 Å². The van der Waals surface area contributed by atoms with Crippen LogP contribution in [-0.2, 0) is 6.42 Å². The second-order valence-corrected chi connectivity index (χ2v) is 3.59. The van der Waals surface area contributed by atoms with E-state index >= 15 is 0 Å². The van der Waals surface area contributed by atoms with E-state index in [9.17, 15) is 4.39 Å². The molecule has 4 nitrogen and oxygen atoms in total. The Balaban J connectivity index is 2.02. The van der Waals surface area contributed by atoms with Crippen LogP contribution in [0.15, 0.2) is 4.52 Å². The Labute approximate surface area is 81.9 Å². The molecule has 2 unspecified atom stereocenters. The molecule has 0 aromatic carbocycles. The zero-order valence-corrected chi connectivity index (χ0v) is 8.16. The Morgan fingerprint density at radius 1 is 1.64 bits per heavy atom. The van der Waals surface area contributed by atoms with Crippen LogP contribution in [-0.4, -0.2) is 22.9 Å². The van der Waals surface area contributed by atoms with Crippen LogP contribution in [0.5, 0.6) is 0 Å². The van der Waals surface area contributed by atoms with Gasteiger partial charge in [0.05, 0.1) is 6.04 Å². The Bertz CT molecular complexity index is 302. The number of rotatable bonds is 3. The molecule has 1 aliphatic heterocycles. The monoisotopic (exact) mass is 199 g/mol. The largest absolute Gasteiger partial charge is 0.338 e. The lowest BCUT2D eigenvalue weighted by atomic mass is 10.2. The minimum Gasteiger partial charge on any atom is -0.338 e. The van der Waals surface area contributed by atoms with E-state index in [-0.39, 0.29) is 6.04 Å². The summed E-state index contributed by atoms with van der Waals surface area (Å²) >= 11 is 0. The Hall–Kier alpha value is -0.970. The quantitative estimate of drug-likeness (QED) is 0.799. The fourth-order valence-electron chi connectivity index (χ4n) is 1.61. The summed E-state index contributed by atoms with van der Waals surface area (Å²) in [6, 6.07) is -0.0943. The van der Waals surface area contributed by atoms with Gasteiger partial charge in [0, 0.05) is 19.4 Å². The molecule has 14 heavy (non-hydrogen) atoms. The van der Waals surface area contributed by atoms with Gasteiger partial charge in [-0.1, -0.05) is 12.1 Å². The molecule has 1 aromatic heterocycles. The Morgan fingerprint density at radius 2 is 2.50 bits per heavy atom. The summed E-state index contributed by atoms with van der Waals surface area (Å²) in [4.78, 5) is 4.21. The number of aryl methyl sites for hydroxylation is 1. The van der Waals surface area contributed by atoms with Gasteiger partial charge in [0.15, 0.2) is 5.82 Å². The molecule has 1 saturated heterocycles. The van der Waals surface area contributed by atoms with E-state index in [1.165, 1.54) is 0 Å². The lowest BCUT2D eigenvalue weighted by molar-refractivity contribution is 0.322. The van der Waals surface area contributed by atoms with Gasteiger partial charge < -0.3 is 9.84 Å². The van der Waals surface area contributed by atoms with Crippen LogP contribution in [0.4, 0.5) is 4.39 Å². The fourth-order valence-corrected chi connectivity index (χ4v) is 1.61. The first-order chi connectivity index (χ1) is 6.79. The molecular weight excluding hydrogens is 185 g/mol. The second kappa shape index (κ2) is 4.04. The molecule has 1 aliphatic rings. The maximum absolute atomic E-state index is 12.9. The third-order valence-electron chi connectivity index (χ3n) is 2.33. The highest BCUT2D eigenvalue weighted by Crippen LogP contribution is 2.23. The molecule has 1 aromatic rings. The Kier molecular flexibility index (Phi) is 2.77. The van der Waals surface area contributed by atoms with Gasteiger partial charge in [0.1, 0.15) is 6.17 Å². The summed E-state index contributed by atoms with van der Waals surface area (Å²) in [6.45, 7) is 2.44. The number of nitrogens with one attached hydrogen (secondary N) is 1. The standard InChI is InChI=1S/C9H14FN3O/c1-2-3-8-12-9(14-13-8)7-4-6(10)5-11-7/h6-7,11H,2-5H2,1H3. The highest BCUT2D eigenvalue weighted by atomic mass is 19.1. The summed E-state index contributed by atoms with van der Waals surface area (Å²) in [5, 5.41) is 6.83. The molecular formula is C9H14FN3O. The van der Waals surface area contributed by atoms with Crippen molar-refractivity contribution in [1.29, 1.82) is 0 Å². The average molecular weight is 199 g/mol. The van der Waals surface area contributed by atoms with Gasteiger partial charge >= 0.3 is 0 Å². The van der Waals surface area contributed by atoms with Gasteiger partial charge in [-0.25, -0.2) is 4.39 Å². The molecule has 5 heteroatoms. The fraction of sp³-hybridized carbons (Fsp3) is 0.778. The second-order valence-electron chi connectivity index (χ2n) is 3.59. The molecule has 0 bridgehead atoms. The zero-order chi connectivity index (χ0) is 9.97. The van der Waals surface area contributed by atoms with E-state index < -0.39 is 6.17 Å². The minimum absolute atomic E-state index is 0.0943. The third kappa shape index (κ3) is 1.92. The topological polar surface area (TPSA) is 51.0 Å². The van der Waals surface area contributed by atoms with Crippen molar-refractivity contribution in [3.05, 3.63) is 11.7 Å². The normalized spacial score (nSPS) is 27.0. The van der Waals surface area contributed by atoms with Crippen LogP contribution in [0.3, 0.4) is 0 Å². The van der Waals surface area contributed by atoms with Crippen LogP contribution in [0.25, 0.3) is 0 Å². The summed E-state index contributed by atoms with van der Waals surface area (Å²) in [7, 11) is 0. The van der Waals surface area contributed by atoms with Crippen molar-refractivity contribution in [2.24, 2.45) is 0 Å². The maximum atomic E-state index is 12.9. The van der Waals surface area contributed by atoms with Gasteiger partial charge in [0.2, 0.25) is 5.89 Å². The van der Waals surface area contributed by atoms with Crippen molar-refractivity contribution in [1.82, 2.24) is 15.5 Å². The molecule has 0 aliphatic carbocycles. The Morgan fingerprint density at radius 3 is 3.14 bits per heavy atom. The first kappa shape index (κ1) is 9.58. The number of hydrogen-bond acceptors (Lipinski definition) is 4. The number of hydrogen-bond donors (Lipinski definition) is 1. The summed E-state index contributed by atoms with van der Waals surface area (Å²) in [6.07, 6.45) is 1.45. The zero-order valence-electron chi connectivity index (χ0n) is 8.16. The number of halogens is 1. The predicted molar refractivity (Wildman–Crippen MR) is 48.5 cm³/mol. The lowest BCUT2D eigenvalue weighted by Crippen LogP contribution is -2.14. The summed E-state index contributed by atoms with van der Waals surface area (Å²) in [5.41, 5.74) is 0. The van der Waals surface area contributed by atoms with E-state index in [1.54, 1.807) is 0 Å². The lowest BCUT2D eigenvalue weighted by Gasteiger charge is -2.00. The molecule has 1 N–H and O–H groups in total. The smallest absolute Gasteiger partial charge is 0.243 e. The van der Waals surface area contributed by atoms with E-state index in [0.29, 0.717) is 24.7 Å². The van der Waals surface area contributed by atoms with Crippen molar-refractivity contribution in [2.75, 3.05) is 6.54 Å². The van der Waals surface area contributed by atoms with Crippen LogP contribution < -0.4 is 5.32 Å². The third-order valence-corrected chi connectivity index (χ3v) is 2.33. The summed E-state index contributed by atoms with van der Waals surface area (Å²) in [5.74, 6) is 1.24. The van der Waals surface area contributed by atoms with E-state index in [2.05, 4.69) is 22.4 Å². The molecule has 2 heterocycles.